The van der Waals surface area contributed by atoms with E-state index >= 15 is 0 Å². The van der Waals surface area contributed by atoms with E-state index in [0.29, 0.717) is 0 Å². The monoisotopic (exact) mass is 378 g/mol. The van der Waals surface area contributed by atoms with E-state index in [1.165, 1.54) is 35.6 Å². The quantitative estimate of drug-likeness (QED) is 0.455. The van der Waals surface area contributed by atoms with E-state index in [2.05, 4.69) is 52.8 Å². The van der Waals surface area contributed by atoms with Crippen LogP contribution in [0.1, 0.15) is 89.0 Å². The van der Waals surface area contributed by atoms with Crippen molar-refractivity contribution in [3.63, 3.8) is 0 Å². The Balaban J connectivity index is 1.96. The summed E-state index contributed by atoms with van der Waals surface area (Å²) < 4.78 is 0. The van der Waals surface area contributed by atoms with Gasteiger partial charge in [-0.05, 0) is 76.3 Å². The number of fused-ring (bicyclic) bond motifs is 3. The van der Waals surface area contributed by atoms with Gasteiger partial charge in [0.2, 0.25) is 0 Å². The van der Waals surface area contributed by atoms with Crippen LogP contribution in [0.15, 0.2) is 42.0 Å². The summed E-state index contributed by atoms with van der Waals surface area (Å²) in [6.45, 7) is 11.6. The van der Waals surface area contributed by atoms with Crippen LogP contribution in [-0.2, 0) is 22.0 Å². The molecule has 0 bridgehead atoms. The number of carboxylic acid groups (broad SMARTS) is 1. The Bertz CT molecular complexity index is 863. The molecule has 2 aliphatic rings. The average molecular weight is 379 g/mol. The Kier molecular flexibility index (Phi) is 5.70. The average Bonchev–Trinajstić information content (AvgIpc) is 3.01. The minimum atomic E-state index is -0.872. The molecule has 0 aromatic heterocycles. The van der Waals surface area contributed by atoms with E-state index < -0.39 is 5.97 Å². The summed E-state index contributed by atoms with van der Waals surface area (Å²) in [5, 5.41) is 9.03. The Morgan fingerprint density at radius 1 is 1.11 bits per heavy atom. The largest absolute Gasteiger partial charge is 0.478 e. The minimum absolute atomic E-state index is 0.236. The first-order valence-corrected chi connectivity index (χ1v) is 10.6. The fourth-order valence-corrected chi connectivity index (χ4v) is 4.94. The Hall–Kier alpha value is -2.09. The maximum absolute atomic E-state index is 11.0. The maximum Gasteiger partial charge on any atom is 0.328 e. The Morgan fingerprint density at radius 2 is 1.82 bits per heavy atom. The number of benzene rings is 1. The normalized spacial score (nSPS) is 21.8. The molecule has 0 aliphatic heterocycles. The fourth-order valence-electron chi connectivity index (χ4n) is 4.94. The lowest BCUT2D eigenvalue weighted by Crippen LogP contribution is -2.35. The molecule has 3 rings (SSSR count). The smallest absolute Gasteiger partial charge is 0.328 e. The van der Waals surface area contributed by atoms with Crippen LogP contribution in [0.4, 0.5) is 0 Å². The van der Waals surface area contributed by atoms with Gasteiger partial charge < -0.3 is 5.11 Å². The number of carbonyl (C=O) groups is 1. The lowest BCUT2D eigenvalue weighted by Gasteiger charge is -2.43. The van der Waals surface area contributed by atoms with Crippen molar-refractivity contribution in [2.75, 3.05) is 0 Å². The van der Waals surface area contributed by atoms with E-state index in [9.17, 15) is 4.79 Å². The molecule has 2 heteroatoms. The maximum atomic E-state index is 11.0. The van der Waals surface area contributed by atoms with Gasteiger partial charge in [-0.2, -0.15) is 0 Å². The molecule has 2 nitrogen and oxygen atoms in total. The van der Waals surface area contributed by atoms with Gasteiger partial charge in [0, 0.05) is 6.08 Å². The molecular weight excluding hydrogens is 344 g/mol. The lowest BCUT2D eigenvalue weighted by atomic mass is 9.61. The minimum Gasteiger partial charge on any atom is -0.478 e. The van der Waals surface area contributed by atoms with Crippen LogP contribution in [0.5, 0.6) is 0 Å². The van der Waals surface area contributed by atoms with Gasteiger partial charge in [-0.25, -0.2) is 4.79 Å². The summed E-state index contributed by atoms with van der Waals surface area (Å²) in [6.07, 6.45) is 13.9. The molecule has 1 aromatic carbocycles. The van der Waals surface area contributed by atoms with Gasteiger partial charge in [-0.15, -0.1) is 0 Å². The first-order valence-electron chi connectivity index (χ1n) is 10.6. The summed E-state index contributed by atoms with van der Waals surface area (Å²) in [5.41, 5.74) is 8.80. The fraction of sp³-hybridized carbons (Fsp3) is 0.500. The van der Waals surface area contributed by atoms with Crippen LogP contribution in [0.25, 0.3) is 5.57 Å². The second kappa shape index (κ2) is 7.73. The summed E-state index contributed by atoms with van der Waals surface area (Å²) in [6, 6.07) is 4.69. The van der Waals surface area contributed by atoms with Crippen LogP contribution in [-0.4, -0.2) is 11.1 Å². The standard InChI is InChI=1S/C26H34O2/c1-6-8-18(17-23(27)28)9-7-10-19-11-12-21-20(19)13-14-22-24(21)26(4,5)16-15-25(22,2)3/h7,9-10,13-14,17H,6,8,11-12,15-16H2,1-5H3,(H,27,28). The predicted octanol–water partition coefficient (Wildman–Crippen LogP) is 6.73. The van der Waals surface area contributed by atoms with Crippen molar-refractivity contribution in [2.24, 2.45) is 0 Å². The highest BCUT2D eigenvalue weighted by molar-refractivity contribution is 5.81. The second-order valence-electron chi connectivity index (χ2n) is 9.64. The van der Waals surface area contributed by atoms with Crippen LogP contribution in [0.3, 0.4) is 0 Å². The van der Waals surface area contributed by atoms with Crippen LogP contribution >= 0.6 is 0 Å². The summed E-state index contributed by atoms with van der Waals surface area (Å²) in [4.78, 5) is 11.0. The van der Waals surface area contributed by atoms with E-state index in [1.807, 2.05) is 12.2 Å². The molecule has 0 saturated heterocycles. The van der Waals surface area contributed by atoms with E-state index in [-0.39, 0.29) is 10.8 Å². The SMILES string of the molecule is CCCC(C=CC=C1CCc2c1ccc1c2C(C)(C)CCC1(C)C)=CC(=O)O. The van der Waals surface area contributed by atoms with Gasteiger partial charge in [0.25, 0.3) is 0 Å². The highest BCUT2D eigenvalue weighted by atomic mass is 16.4. The third kappa shape index (κ3) is 4.01. The zero-order chi connectivity index (χ0) is 20.5. The van der Waals surface area contributed by atoms with Crippen molar-refractivity contribution in [2.45, 2.75) is 84.0 Å². The Morgan fingerprint density at radius 3 is 2.50 bits per heavy atom. The third-order valence-corrected chi connectivity index (χ3v) is 6.54. The van der Waals surface area contributed by atoms with Gasteiger partial charge in [-0.3, -0.25) is 0 Å². The molecule has 0 saturated carbocycles. The van der Waals surface area contributed by atoms with Crippen molar-refractivity contribution in [3.05, 3.63) is 64.3 Å². The first-order chi connectivity index (χ1) is 13.2. The number of hydrogen-bond donors (Lipinski definition) is 1. The number of rotatable bonds is 5. The Labute approximate surface area is 170 Å². The highest BCUT2D eigenvalue weighted by Crippen LogP contribution is 2.50. The molecule has 0 unspecified atom stereocenters. The molecule has 0 heterocycles. The van der Waals surface area contributed by atoms with E-state index in [1.54, 1.807) is 11.1 Å². The molecule has 0 atom stereocenters. The van der Waals surface area contributed by atoms with Gasteiger partial charge in [0.15, 0.2) is 0 Å². The number of hydrogen-bond acceptors (Lipinski definition) is 1. The van der Waals surface area contributed by atoms with Crippen molar-refractivity contribution in [1.82, 2.24) is 0 Å². The van der Waals surface area contributed by atoms with E-state index in [0.717, 1.165) is 31.3 Å². The first kappa shape index (κ1) is 20.6. The molecule has 2 aliphatic carbocycles. The highest BCUT2D eigenvalue weighted by Gasteiger charge is 2.40. The molecule has 0 fully saturated rings. The van der Waals surface area contributed by atoms with Gasteiger partial charge >= 0.3 is 5.97 Å². The van der Waals surface area contributed by atoms with Crippen LogP contribution in [0, 0.1) is 0 Å². The molecule has 150 valence electrons. The molecular formula is C26H34O2. The van der Waals surface area contributed by atoms with Crippen LogP contribution < -0.4 is 0 Å². The van der Waals surface area contributed by atoms with Gasteiger partial charge in [0.1, 0.15) is 0 Å². The predicted molar refractivity (Wildman–Crippen MR) is 118 cm³/mol. The molecule has 1 N–H and O–H groups in total. The number of carboxylic acids is 1. The van der Waals surface area contributed by atoms with Crippen LogP contribution in [0.2, 0.25) is 0 Å². The van der Waals surface area contributed by atoms with Gasteiger partial charge in [-0.1, -0.05) is 71.4 Å². The number of allylic oxidation sites excluding steroid dienone is 5. The van der Waals surface area contributed by atoms with E-state index in [4.69, 9.17) is 5.11 Å². The third-order valence-electron chi connectivity index (χ3n) is 6.54. The summed E-state index contributed by atoms with van der Waals surface area (Å²) in [7, 11) is 0. The second-order valence-corrected chi connectivity index (χ2v) is 9.64. The van der Waals surface area contributed by atoms with Crippen molar-refractivity contribution >= 4 is 11.5 Å². The molecule has 0 amide bonds. The summed E-state index contributed by atoms with van der Waals surface area (Å²) in [5.74, 6) is -0.872. The zero-order valence-corrected chi connectivity index (χ0v) is 18.1. The topological polar surface area (TPSA) is 37.3 Å². The van der Waals surface area contributed by atoms with Crippen molar-refractivity contribution < 1.29 is 9.90 Å². The zero-order valence-electron chi connectivity index (χ0n) is 18.1. The van der Waals surface area contributed by atoms with Gasteiger partial charge in [0.05, 0.1) is 0 Å². The number of aliphatic carboxylic acids is 1. The summed E-state index contributed by atoms with van der Waals surface area (Å²) >= 11 is 0. The molecule has 0 spiro atoms. The van der Waals surface area contributed by atoms with Crippen molar-refractivity contribution in [3.8, 4) is 0 Å². The molecule has 28 heavy (non-hydrogen) atoms. The van der Waals surface area contributed by atoms with Crippen molar-refractivity contribution in [1.29, 1.82) is 0 Å². The lowest BCUT2D eigenvalue weighted by molar-refractivity contribution is -0.131. The molecule has 1 aromatic rings. The molecule has 0 radical (unpaired) electrons.